The fourth-order valence-electron chi connectivity index (χ4n) is 3.14. The van der Waals surface area contributed by atoms with Crippen molar-refractivity contribution < 1.29 is 14.0 Å². The minimum atomic E-state index is -0.725. The van der Waals surface area contributed by atoms with Crippen LogP contribution in [0.2, 0.25) is 0 Å². The van der Waals surface area contributed by atoms with Crippen LogP contribution in [0.1, 0.15) is 27.2 Å². The maximum atomic E-state index is 13.2. The lowest BCUT2D eigenvalue weighted by Gasteiger charge is -2.28. The minimum Gasteiger partial charge on any atom is -0.354 e. The summed E-state index contributed by atoms with van der Waals surface area (Å²) >= 11 is 0. The molecule has 0 fully saturated rings. The van der Waals surface area contributed by atoms with Gasteiger partial charge in [0.15, 0.2) is 0 Å². The van der Waals surface area contributed by atoms with E-state index in [1.807, 2.05) is 6.07 Å². The quantitative estimate of drug-likeness (QED) is 0.554. The maximum Gasteiger partial charge on any atom is 0.251 e. The monoisotopic (exact) mass is 438 g/mol. The summed E-state index contributed by atoms with van der Waals surface area (Å²) in [7, 11) is 0. The Kier molecular flexibility index (Phi) is 7.64. The number of nitrogens with one attached hydrogen (secondary N) is 1. The SMILES string of the molecule is CC(C)CCNC(=O)[C@@H](C)N(C(=O)Cn1nnc(-c2ccc(F)cc2)n1)c1ccccc1. The lowest BCUT2D eigenvalue weighted by Crippen LogP contribution is -2.49. The summed E-state index contributed by atoms with van der Waals surface area (Å²) in [5.74, 6) is -0.211. The fraction of sp³-hybridized carbons (Fsp3) is 0.348. The van der Waals surface area contributed by atoms with Crippen LogP contribution in [0.3, 0.4) is 0 Å². The molecule has 3 rings (SSSR count). The van der Waals surface area contributed by atoms with Gasteiger partial charge in [0, 0.05) is 17.8 Å². The lowest BCUT2D eigenvalue weighted by molar-refractivity contribution is -0.126. The number of carbonyl (C=O) groups excluding carboxylic acids is 2. The third kappa shape index (κ3) is 5.96. The Balaban J connectivity index is 1.76. The molecular weight excluding hydrogens is 411 g/mol. The number of rotatable bonds is 9. The largest absolute Gasteiger partial charge is 0.354 e. The van der Waals surface area contributed by atoms with E-state index >= 15 is 0 Å². The van der Waals surface area contributed by atoms with Crippen LogP contribution in [0.25, 0.3) is 11.4 Å². The van der Waals surface area contributed by atoms with E-state index in [9.17, 15) is 14.0 Å². The second kappa shape index (κ2) is 10.6. The van der Waals surface area contributed by atoms with Gasteiger partial charge in [-0.2, -0.15) is 4.80 Å². The van der Waals surface area contributed by atoms with Crippen molar-refractivity contribution >= 4 is 17.5 Å². The number of nitrogens with zero attached hydrogens (tertiary/aromatic N) is 5. The van der Waals surface area contributed by atoms with Gasteiger partial charge in [0.25, 0.3) is 5.91 Å². The van der Waals surface area contributed by atoms with Crippen molar-refractivity contribution in [1.29, 1.82) is 0 Å². The first-order valence-electron chi connectivity index (χ1n) is 10.5. The number of carbonyl (C=O) groups is 2. The molecule has 9 heteroatoms. The Morgan fingerprint density at radius 3 is 2.41 bits per heavy atom. The van der Waals surface area contributed by atoms with E-state index in [-0.39, 0.29) is 30.0 Å². The highest BCUT2D eigenvalue weighted by molar-refractivity contribution is 6.00. The number of hydrogen-bond acceptors (Lipinski definition) is 5. The van der Waals surface area contributed by atoms with Gasteiger partial charge in [-0.1, -0.05) is 32.0 Å². The summed E-state index contributed by atoms with van der Waals surface area (Å²) < 4.78 is 13.1. The Labute approximate surface area is 186 Å². The Hall–Kier alpha value is -3.62. The van der Waals surface area contributed by atoms with Crippen molar-refractivity contribution in [1.82, 2.24) is 25.5 Å². The van der Waals surface area contributed by atoms with E-state index in [0.717, 1.165) is 6.42 Å². The molecule has 32 heavy (non-hydrogen) atoms. The van der Waals surface area contributed by atoms with Gasteiger partial charge >= 0.3 is 0 Å². The van der Waals surface area contributed by atoms with E-state index in [1.165, 1.54) is 21.8 Å². The minimum absolute atomic E-state index is 0.202. The zero-order valence-corrected chi connectivity index (χ0v) is 18.4. The molecule has 3 aromatic rings. The number of amides is 2. The van der Waals surface area contributed by atoms with Crippen LogP contribution in [0.15, 0.2) is 54.6 Å². The summed E-state index contributed by atoms with van der Waals surface area (Å²) in [6.07, 6.45) is 0.854. The third-order valence-electron chi connectivity index (χ3n) is 4.92. The highest BCUT2D eigenvalue weighted by atomic mass is 19.1. The van der Waals surface area contributed by atoms with Gasteiger partial charge in [-0.25, -0.2) is 4.39 Å². The summed E-state index contributed by atoms with van der Waals surface area (Å²) in [6, 6.07) is 14.0. The second-order valence-electron chi connectivity index (χ2n) is 7.90. The molecule has 0 aliphatic heterocycles. The Morgan fingerprint density at radius 2 is 1.75 bits per heavy atom. The van der Waals surface area contributed by atoms with Gasteiger partial charge in [-0.05, 0) is 60.9 Å². The molecule has 1 aromatic heterocycles. The highest BCUT2D eigenvalue weighted by Crippen LogP contribution is 2.18. The van der Waals surface area contributed by atoms with Crippen molar-refractivity contribution in [3.63, 3.8) is 0 Å². The molecule has 2 aromatic carbocycles. The molecule has 0 saturated carbocycles. The molecule has 8 nitrogen and oxygen atoms in total. The van der Waals surface area contributed by atoms with Crippen LogP contribution in [-0.2, 0) is 16.1 Å². The number of aromatic nitrogens is 4. The predicted octanol–water partition coefficient (Wildman–Crippen LogP) is 3.06. The first kappa shape index (κ1) is 23.1. The number of para-hydroxylation sites is 1. The molecule has 2 amide bonds. The van der Waals surface area contributed by atoms with E-state index in [1.54, 1.807) is 43.3 Å². The third-order valence-corrected chi connectivity index (χ3v) is 4.92. The van der Waals surface area contributed by atoms with Crippen LogP contribution in [-0.4, -0.2) is 44.6 Å². The lowest BCUT2D eigenvalue weighted by atomic mass is 10.1. The fourth-order valence-corrected chi connectivity index (χ4v) is 3.14. The molecule has 1 N–H and O–H groups in total. The highest BCUT2D eigenvalue weighted by Gasteiger charge is 2.28. The molecule has 0 bridgehead atoms. The van der Waals surface area contributed by atoms with Gasteiger partial charge < -0.3 is 5.32 Å². The average Bonchev–Trinajstić information content (AvgIpc) is 3.23. The number of hydrogen-bond donors (Lipinski definition) is 1. The maximum absolute atomic E-state index is 13.2. The zero-order valence-electron chi connectivity index (χ0n) is 18.4. The van der Waals surface area contributed by atoms with Crippen molar-refractivity contribution in [2.75, 3.05) is 11.4 Å². The molecule has 0 aliphatic rings. The molecule has 1 atom stereocenters. The Morgan fingerprint density at radius 1 is 1.06 bits per heavy atom. The second-order valence-corrected chi connectivity index (χ2v) is 7.90. The van der Waals surface area contributed by atoms with E-state index < -0.39 is 6.04 Å². The molecule has 1 heterocycles. The van der Waals surface area contributed by atoms with E-state index in [4.69, 9.17) is 0 Å². The van der Waals surface area contributed by atoms with Gasteiger partial charge in [0.2, 0.25) is 11.7 Å². The van der Waals surface area contributed by atoms with Crippen molar-refractivity contribution in [2.24, 2.45) is 5.92 Å². The van der Waals surface area contributed by atoms with Crippen LogP contribution in [0.4, 0.5) is 10.1 Å². The molecule has 0 unspecified atom stereocenters. The standard InChI is InChI=1S/C23H27FN6O2/c1-16(2)13-14-25-23(32)17(3)30(20-7-5-4-6-8-20)21(31)15-29-27-22(26-28-29)18-9-11-19(24)12-10-18/h4-12,16-17H,13-15H2,1-3H3,(H,25,32)/t17-/m1/s1. The number of anilines is 1. The van der Waals surface area contributed by atoms with Crippen LogP contribution in [0, 0.1) is 11.7 Å². The summed E-state index contributed by atoms with van der Waals surface area (Å²) in [5.41, 5.74) is 1.19. The van der Waals surface area contributed by atoms with Crippen molar-refractivity contribution in [2.45, 2.75) is 39.8 Å². The summed E-state index contributed by atoms with van der Waals surface area (Å²) in [5, 5.41) is 15.0. The normalized spacial score (nSPS) is 11.9. The predicted molar refractivity (Wildman–Crippen MR) is 119 cm³/mol. The van der Waals surface area contributed by atoms with E-state index in [2.05, 4.69) is 34.6 Å². The van der Waals surface area contributed by atoms with Crippen LogP contribution >= 0.6 is 0 Å². The van der Waals surface area contributed by atoms with Gasteiger partial charge in [0.1, 0.15) is 18.4 Å². The molecule has 0 radical (unpaired) electrons. The smallest absolute Gasteiger partial charge is 0.251 e. The topological polar surface area (TPSA) is 93.0 Å². The summed E-state index contributed by atoms with van der Waals surface area (Å²) in [4.78, 5) is 28.5. The summed E-state index contributed by atoms with van der Waals surface area (Å²) in [6.45, 7) is 6.20. The number of halogens is 1. The first-order valence-corrected chi connectivity index (χ1v) is 10.5. The number of benzene rings is 2. The average molecular weight is 439 g/mol. The van der Waals surface area contributed by atoms with Crippen molar-refractivity contribution in [3.8, 4) is 11.4 Å². The van der Waals surface area contributed by atoms with Crippen LogP contribution < -0.4 is 10.2 Å². The van der Waals surface area contributed by atoms with E-state index in [0.29, 0.717) is 23.7 Å². The Bertz CT molecular complexity index is 1040. The number of tetrazole rings is 1. The van der Waals surface area contributed by atoms with Gasteiger partial charge in [0.05, 0.1) is 0 Å². The molecule has 0 aliphatic carbocycles. The zero-order chi connectivity index (χ0) is 23.1. The molecular formula is C23H27FN6O2. The first-order chi connectivity index (χ1) is 15.3. The van der Waals surface area contributed by atoms with Gasteiger partial charge in [-0.15, -0.1) is 10.2 Å². The molecule has 168 valence electrons. The van der Waals surface area contributed by atoms with Crippen molar-refractivity contribution in [3.05, 3.63) is 60.4 Å². The molecule has 0 saturated heterocycles. The molecule has 0 spiro atoms. The van der Waals surface area contributed by atoms with Crippen LogP contribution in [0.5, 0.6) is 0 Å². The van der Waals surface area contributed by atoms with Gasteiger partial charge in [-0.3, -0.25) is 14.5 Å².